The number of rotatable bonds is 7. The van der Waals surface area contributed by atoms with Crippen LogP contribution in [-0.2, 0) is 0 Å². The van der Waals surface area contributed by atoms with Crippen molar-refractivity contribution < 1.29 is 0 Å². The van der Waals surface area contributed by atoms with Gasteiger partial charge in [-0.2, -0.15) is 0 Å². The SMILES string of the molecule is C=CC(CC)CCC/C=C/c1ccccc1. The van der Waals surface area contributed by atoms with E-state index in [1.54, 1.807) is 0 Å². The molecule has 0 heteroatoms. The lowest BCUT2D eigenvalue weighted by molar-refractivity contribution is 0.550. The van der Waals surface area contributed by atoms with E-state index in [1.807, 2.05) is 6.07 Å². The smallest absolute Gasteiger partial charge is 0.0239 e. The Balaban J connectivity index is 2.20. The van der Waals surface area contributed by atoms with E-state index in [4.69, 9.17) is 0 Å². The van der Waals surface area contributed by atoms with Gasteiger partial charge in [-0.15, -0.1) is 6.58 Å². The molecule has 1 unspecified atom stereocenters. The summed E-state index contributed by atoms with van der Waals surface area (Å²) in [7, 11) is 0. The first-order valence-electron chi connectivity index (χ1n) is 6.21. The second-order valence-corrected chi connectivity index (χ2v) is 4.15. The Kier molecular flexibility index (Phi) is 6.32. The van der Waals surface area contributed by atoms with Crippen molar-refractivity contribution in [3.8, 4) is 0 Å². The van der Waals surface area contributed by atoms with E-state index in [1.165, 1.54) is 31.2 Å². The maximum Gasteiger partial charge on any atom is -0.0239 e. The molecular formula is C16H22. The summed E-state index contributed by atoms with van der Waals surface area (Å²) in [6.07, 6.45) is 11.5. The first-order valence-corrected chi connectivity index (χ1v) is 6.21. The molecule has 0 bridgehead atoms. The normalized spacial score (nSPS) is 12.8. The number of allylic oxidation sites excluding steroid dienone is 2. The Morgan fingerprint density at radius 1 is 1.25 bits per heavy atom. The van der Waals surface area contributed by atoms with Crippen LogP contribution >= 0.6 is 0 Å². The van der Waals surface area contributed by atoms with Gasteiger partial charge in [-0.25, -0.2) is 0 Å². The van der Waals surface area contributed by atoms with Crippen molar-refractivity contribution in [1.82, 2.24) is 0 Å². The lowest BCUT2D eigenvalue weighted by atomic mass is 9.99. The van der Waals surface area contributed by atoms with Crippen LogP contribution in [0.1, 0.15) is 38.2 Å². The van der Waals surface area contributed by atoms with Crippen molar-refractivity contribution in [3.63, 3.8) is 0 Å². The van der Waals surface area contributed by atoms with Crippen LogP contribution in [0.15, 0.2) is 49.1 Å². The Hall–Kier alpha value is -1.30. The van der Waals surface area contributed by atoms with Crippen LogP contribution in [0.2, 0.25) is 0 Å². The van der Waals surface area contributed by atoms with Gasteiger partial charge in [-0.3, -0.25) is 0 Å². The highest BCUT2D eigenvalue weighted by Crippen LogP contribution is 2.13. The molecule has 16 heavy (non-hydrogen) atoms. The van der Waals surface area contributed by atoms with Gasteiger partial charge in [-0.1, -0.05) is 55.5 Å². The molecule has 0 aliphatic carbocycles. The third-order valence-corrected chi connectivity index (χ3v) is 2.91. The van der Waals surface area contributed by atoms with Crippen LogP contribution < -0.4 is 0 Å². The Morgan fingerprint density at radius 2 is 2.00 bits per heavy atom. The molecule has 0 radical (unpaired) electrons. The summed E-state index contributed by atoms with van der Waals surface area (Å²) in [4.78, 5) is 0. The average molecular weight is 214 g/mol. The fourth-order valence-corrected chi connectivity index (χ4v) is 1.77. The van der Waals surface area contributed by atoms with Crippen molar-refractivity contribution in [2.75, 3.05) is 0 Å². The molecule has 1 aromatic carbocycles. The third-order valence-electron chi connectivity index (χ3n) is 2.91. The molecule has 1 aromatic rings. The number of benzene rings is 1. The second-order valence-electron chi connectivity index (χ2n) is 4.15. The quantitative estimate of drug-likeness (QED) is 0.438. The lowest BCUT2D eigenvalue weighted by Crippen LogP contribution is -1.92. The highest BCUT2D eigenvalue weighted by Gasteiger charge is 1.98. The van der Waals surface area contributed by atoms with Gasteiger partial charge in [0.05, 0.1) is 0 Å². The summed E-state index contributed by atoms with van der Waals surface area (Å²) in [5, 5.41) is 0. The maximum absolute atomic E-state index is 3.86. The molecule has 0 amide bonds. The van der Waals surface area contributed by atoms with Gasteiger partial charge >= 0.3 is 0 Å². The molecule has 0 N–H and O–H groups in total. The minimum absolute atomic E-state index is 0.699. The van der Waals surface area contributed by atoms with E-state index in [0.29, 0.717) is 5.92 Å². The van der Waals surface area contributed by atoms with E-state index in [0.717, 1.165) is 0 Å². The van der Waals surface area contributed by atoms with E-state index >= 15 is 0 Å². The average Bonchev–Trinajstić information content (AvgIpc) is 2.35. The van der Waals surface area contributed by atoms with Crippen molar-refractivity contribution >= 4 is 6.08 Å². The summed E-state index contributed by atoms with van der Waals surface area (Å²) in [5.41, 5.74) is 1.29. The van der Waals surface area contributed by atoms with Gasteiger partial charge in [0, 0.05) is 0 Å². The monoisotopic (exact) mass is 214 g/mol. The zero-order chi connectivity index (χ0) is 11.6. The molecule has 0 fully saturated rings. The number of hydrogen-bond donors (Lipinski definition) is 0. The minimum Gasteiger partial charge on any atom is -0.103 e. The summed E-state index contributed by atoms with van der Waals surface area (Å²) in [6.45, 7) is 6.09. The second kappa shape index (κ2) is 7.92. The first kappa shape index (κ1) is 12.8. The summed E-state index contributed by atoms with van der Waals surface area (Å²) >= 11 is 0. The van der Waals surface area contributed by atoms with Crippen LogP contribution in [0.25, 0.3) is 6.08 Å². The fourth-order valence-electron chi connectivity index (χ4n) is 1.77. The number of hydrogen-bond acceptors (Lipinski definition) is 0. The van der Waals surface area contributed by atoms with Crippen molar-refractivity contribution in [2.24, 2.45) is 5.92 Å². The standard InChI is InChI=1S/C16H22/c1-3-15(4-2)11-7-5-8-12-16-13-9-6-10-14-16/h3,6,8-10,12-15H,1,4-5,7,11H2,2H3/b12-8+. The van der Waals surface area contributed by atoms with Gasteiger partial charge < -0.3 is 0 Å². The molecule has 86 valence electrons. The molecule has 0 aliphatic heterocycles. The predicted molar refractivity (Wildman–Crippen MR) is 73.3 cm³/mol. The highest BCUT2D eigenvalue weighted by atomic mass is 14.0. The van der Waals surface area contributed by atoms with Gasteiger partial charge in [0.15, 0.2) is 0 Å². The molecular weight excluding hydrogens is 192 g/mol. The Labute approximate surface area is 99.7 Å². The van der Waals surface area contributed by atoms with Gasteiger partial charge in [-0.05, 0) is 37.2 Å². The highest BCUT2D eigenvalue weighted by molar-refractivity contribution is 5.48. The van der Waals surface area contributed by atoms with Crippen LogP contribution in [0, 0.1) is 5.92 Å². The topological polar surface area (TPSA) is 0 Å². The zero-order valence-electron chi connectivity index (χ0n) is 10.2. The molecule has 1 atom stereocenters. The summed E-state index contributed by atoms with van der Waals surface area (Å²) < 4.78 is 0. The number of unbranched alkanes of at least 4 members (excludes halogenated alkanes) is 1. The van der Waals surface area contributed by atoms with Crippen LogP contribution in [0.5, 0.6) is 0 Å². The van der Waals surface area contributed by atoms with Crippen molar-refractivity contribution in [2.45, 2.75) is 32.6 Å². The van der Waals surface area contributed by atoms with E-state index in [9.17, 15) is 0 Å². The lowest BCUT2D eigenvalue weighted by Gasteiger charge is -2.06. The molecule has 0 saturated heterocycles. The largest absolute Gasteiger partial charge is 0.103 e. The molecule has 0 spiro atoms. The molecule has 0 nitrogen and oxygen atoms in total. The van der Waals surface area contributed by atoms with Crippen molar-refractivity contribution in [1.29, 1.82) is 0 Å². The first-order chi connectivity index (χ1) is 7.86. The predicted octanol–water partition coefficient (Wildman–Crippen LogP) is 5.08. The summed E-state index contributed by atoms with van der Waals surface area (Å²) in [6, 6.07) is 10.5. The van der Waals surface area contributed by atoms with Crippen LogP contribution in [-0.4, -0.2) is 0 Å². The molecule has 1 rings (SSSR count). The van der Waals surface area contributed by atoms with Gasteiger partial charge in [0.2, 0.25) is 0 Å². The van der Waals surface area contributed by atoms with Gasteiger partial charge in [0.1, 0.15) is 0 Å². The third kappa shape index (κ3) is 4.97. The van der Waals surface area contributed by atoms with Crippen LogP contribution in [0.4, 0.5) is 0 Å². The van der Waals surface area contributed by atoms with E-state index in [2.05, 4.69) is 56.0 Å². The Morgan fingerprint density at radius 3 is 2.62 bits per heavy atom. The minimum atomic E-state index is 0.699. The van der Waals surface area contributed by atoms with Crippen LogP contribution in [0.3, 0.4) is 0 Å². The molecule has 0 aliphatic rings. The maximum atomic E-state index is 3.86. The molecule has 0 heterocycles. The summed E-state index contributed by atoms with van der Waals surface area (Å²) in [5.74, 6) is 0.699. The zero-order valence-corrected chi connectivity index (χ0v) is 10.2. The molecule has 0 saturated carbocycles. The van der Waals surface area contributed by atoms with E-state index in [-0.39, 0.29) is 0 Å². The Bertz CT molecular complexity index is 308. The molecule has 0 aromatic heterocycles. The van der Waals surface area contributed by atoms with Gasteiger partial charge in [0.25, 0.3) is 0 Å². The van der Waals surface area contributed by atoms with Crippen molar-refractivity contribution in [3.05, 3.63) is 54.6 Å². The fraction of sp³-hybridized carbons (Fsp3) is 0.375. The van der Waals surface area contributed by atoms with E-state index < -0.39 is 0 Å².